The van der Waals surface area contributed by atoms with Gasteiger partial charge in [0.15, 0.2) is 0 Å². The zero-order valence-corrected chi connectivity index (χ0v) is 17.8. The smallest absolute Gasteiger partial charge is 0.339 e. The van der Waals surface area contributed by atoms with E-state index < -0.39 is 5.60 Å². The van der Waals surface area contributed by atoms with Crippen LogP contribution in [0.5, 0.6) is 0 Å². The minimum Gasteiger partial charge on any atom is -0.451 e. The fourth-order valence-electron chi connectivity index (χ4n) is 5.29. The molecule has 1 spiro atoms. The number of carbonyl (C=O) groups is 1. The normalized spacial score (nSPS) is 22.0. The summed E-state index contributed by atoms with van der Waals surface area (Å²) in [5.41, 5.74) is 6.98. The number of benzene rings is 3. The second kappa shape index (κ2) is 7.49. The van der Waals surface area contributed by atoms with E-state index in [-0.39, 0.29) is 5.97 Å². The van der Waals surface area contributed by atoms with E-state index in [1.165, 1.54) is 11.1 Å². The standard InChI is InChI=1S/C28H24N2O2/c31-27-23-11-4-5-12-24(23)28(32-27)15-13-20(14-16-28)25-18-26(30-29-25)22-10-6-9-21(17-22)19-7-2-1-3-8-19/h1-12,17-18,20H,13-16H2,(H,29,30). The van der Waals surface area contributed by atoms with E-state index in [0.717, 1.165) is 53.8 Å². The van der Waals surface area contributed by atoms with Crippen LogP contribution in [0.25, 0.3) is 22.4 Å². The molecule has 2 heterocycles. The highest BCUT2D eigenvalue weighted by Gasteiger charge is 2.47. The molecule has 0 saturated heterocycles. The number of aromatic amines is 1. The summed E-state index contributed by atoms with van der Waals surface area (Å²) in [6.07, 6.45) is 3.62. The summed E-state index contributed by atoms with van der Waals surface area (Å²) in [5, 5.41) is 7.91. The molecule has 0 atom stereocenters. The molecule has 1 fully saturated rings. The van der Waals surface area contributed by atoms with Gasteiger partial charge < -0.3 is 4.74 Å². The van der Waals surface area contributed by atoms with E-state index in [9.17, 15) is 4.79 Å². The number of H-pyrrole nitrogens is 1. The van der Waals surface area contributed by atoms with Crippen LogP contribution in [0.15, 0.2) is 84.9 Å². The third kappa shape index (κ3) is 3.14. The van der Waals surface area contributed by atoms with E-state index in [2.05, 4.69) is 70.9 Å². The number of nitrogens with zero attached hydrogens (tertiary/aromatic N) is 1. The van der Waals surface area contributed by atoms with Crippen LogP contribution >= 0.6 is 0 Å². The molecule has 158 valence electrons. The summed E-state index contributed by atoms with van der Waals surface area (Å²) in [5.74, 6) is 0.215. The third-order valence-corrected chi connectivity index (χ3v) is 7.02. The summed E-state index contributed by atoms with van der Waals surface area (Å²) in [4.78, 5) is 12.3. The van der Waals surface area contributed by atoms with Gasteiger partial charge in [-0.15, -0.1) is 0 Å². The summed E-state index contributed by atoms with van der Waals surface area (Å²) < 4.78 is 5.91. The highest BCUT2D eigenvalue weighted by molar-refractivity contribution is 5.94. The Labute approximate surface area is 187 Å². The van der Waals surface area contributed by atoms with Crippen molar-refractivity contribution in [1.82, 2.24) is 10.2 Å². The van der Waals surface area contributed by atoms with Crippen LogP contribution in [-0.2, 0) is 10.3 Å². The molecule has 2 aliphatic rings. The maximum absolute atomic E-state index is 12.3. The summed E-state index contributed by atoms with van der Waals surface area (Å²) in [6.45, 7) is 0. The van der Waals surface area contributed by atoms with Crippen LogP contribution in [0.2, 0.25) is 0 Å². The average Bonchev–Trinajstić information content (AvgIpc) is 3.45. The van der Waals surface area contributed by atoms with Crippen LogP contribution in [0.3, 0.4) is 0 Å². The van der Waals surface area contributed by atoms with Crippen molar-refractivity contribution in [1.29, 1.82) is 0 Å². The summed E-state index contributed by atoms with van der Waals surface area (Å²) in [7, 11) is 0. The Hall–Kier alpha value is -3.66. The molecule has 4 heteroatoms. The lowest BCUT2D eigenvalue weighted by Crippen LogP contribution is -2.31. The fourth-order valence-corrected chi connectivity index (χ4v) is 5.29. The molecule has 1 aromatic heterocycles. The van der Waals surface area contributed by atoms with Gasteiger partial charge in [-0.25, -0.2) is 4.79 Å². The Bertz CT molecular complexity index is 1280. The maximum atomic E-state index is 12.3. The van der Waals surface area contributed by atoms with Gasteiger partial charge in [0.05, 0.1) is 11.3 Å². The van der Waals surface area contributed by atoms with Crippen molar-refractivity contribution >= 4 is 5.97 Å². The highest BCUT2D eigenvalue weighted by atomic mass is 16.6. The first-order chi connectivity index (χ1) is 15.7. The van der Waals surface area contributed by atoms with Gasteiger partial charge in [-0.2, -0.15) is 5.10 Å². The lowest BCUT2D eigenvalue weighted by molar-refractivity contribution is -0.0311. The Morgan fingerprint density at radius 1 is 0.812 bits per heavy atom. The number of fused-ring (bicyclic) bond motifs is 2. The molecule has 0 bridgehead atoms. The zero-order valence-electron chi connectivity index (χ0n) is 17.8. The molecular formula is C28H24N2O2. The number of aromatic nitrogens is 2. The molecule has 0 amide bonds. The van der Waals surface area contributed by atoms with Gasteiger partial charge in [0, 0.05) is 22.7 Å². The minimum absolute atomic E-state index is 0.179. The first-order valence-electron chi connectivity index (χ1n) is 11.3. The van der Waals surface area contributed by atoms with Crippen molar-refractivity contribution < 1.29 is 9.53 Å². The molecule has 0 radical (unpaired) electrons. The van der Waals surface area contributed by atoms with E-state index in [0.29, 0.717) is 5.92 Å². The topological polar surface area (TPSA) is 55.0 Å². The summed E-state index contributed by atoms with van der Waals surface area (Å²) >= 11 is 0. The van der Waals surface area contributed by atoms with E-state index in [1.54, 1.807) is 0 Å². The highest BCUT2D eigenvalue weighted by Crippen LogP contribution is 2.50. The van der Waals surface area contributed by atoms with Gasteiger partial charge in [-0.05, 0) is 55.0 Å². The largest absolute Gasteiger partial charge is 0.451 e. The van der Waals surface area contributed by atoms with Crippen LogP contribution in [0.4, 0.5) is 0 Å². The van der Waals surface area contributed by atoms with Gasteiger partial charge in [-0.1, -0.05) is 66.7 Å². The Morgan fingerprint density at radius 2 is 1.53 bits per heavy atom. The second-order valence-electron chi connectivity index (χ2n) is 8.86. The van der Waals surface area contributed by atoms with Gasteiger partial charge in [0.1, 0.15) is 5.60 Å². The van der Waals surface area contributed by atoms with Crippen molar-refractivity contribution in [2.75, 3.05) is 0 Å². The van der Waals surface area contributed by atoms with Crippen molar-refractivity contribution in [3.05, 3.63) is 102 Å². The quantitative estimate of drug-likeness (QED) is 0.387. The molecule has 4 aromatic rings. The van der Waals surface area contributed by atoms with Gasteiger partial charge in [0.25, 0.3) is 0 Å². The van der Waals surface area contributed by atoms with E-state index in [4.69, 9.17) is 4.74 Å². The first-order valence-corrected chi connectivity index (χ1v) is 11.3. The number of carbonyl (C=O) groups excluding carboxylic acids is 1. The Balaban J connectivity index is 1.21. The predicted molar refractivity (Wildman–Crippen MR) is 124 cm³/mol. The maximum Gasteiger partial charge on any atom is 0.339 e. The van der Waals surface area contributed by atoms with Crippen molar-refractivity contribution in [3.63, 3.8) is 0 Å². The van der Waals surface area contributed by atoms with Gasteiger partial charge in [0.2, 0.25) is 0 Å². The van der Waals surface area contributed by atoms with Crippen LogP contribution in [0, 0.1) is 0 Å². The number of nitrogens with one attached hydrogen (secondary N) is 1. The number of hydrogen-bond acceptors (Lipinski definition) is 3. The summed E-state index contributed by atoms with van der Waals surface area (Å²) in [6, 6.07) is 28.9. The monoisotopic (exact) mass is 420 g/mol. The number of rotatable bonds is 3. The molecule has 0 unspecified atom stereocenters. The van der Waals surface area contributed by atoms with Crippen molar-refractivity contribution in [2.24, 2.45) is 0 Å². The number of hydrogen-bond donors (Lipinski definition) is 1. The minimum atomic E-state index is -0.447. The molecular weight excluding hydrogens is 396 g/mol. The van der Waals surface area contributed by atoms with Gasteiger partial charge >= 0.3 is 5.97 Å². The molecule has 1 N–H and O–H groups in total. The molecule has 32 heavy (non-hydrogen) atoms. The number of ether oxygens (including phenoxy) is 1. The Kier molecular flexibility index (Phi) is 4.46. The molecule has 3 aromatic carbocycles. The second-order valence-corrected chi connectivity index (χ2v) is 8.86. The average molecular weight is 421 g/mol. The lowest BCUT2D eigenvalue weighted by Gasteiger charge is -2.36. The molecule has 1 aliphatic carbocycles. The van der Waals surface area contributed by atoms with Gasteiger partial charge in [-0.3, -0.25) is 5.10 Å². The molecule has 1 aliphatic heterocycles. The van der Waals surface area contributed by atoms with Crippen LogP contribution in [-0.4, -0.2) is 16.2 Å². The zero-order chi connectivity index (χ0) is 21.5. The van der Waals surface area contributed by atoms with E-state index >= 15 is 0 Å². The Morgan fingerprint density at radius 3 is 2.38 bits per heavy atom. The molecule has 6 rings (SSSR count). The van der Waals surface area contributed by atoms with Crippen LogP contribution < -0.4 is 0 Å². The predicted octanol–water partition coefficient (Wildman–Crippen LogP) is 6.47. The number of esters is 1. The lowest BCUT2D eigenvalue weighted by atomic mass is 9.74. The van der Waals surface area contributed by atoms with E-state index in [1.807, 2.05) is 24.3 Å². The fraction of sp³-hybridized carbons (Fsp3) is 0.214. The van der Waals surface area contributed by atoms with Crippen molar-refractivity contribution in [3.8, 4) is 22.4 Å². The SMILES string of the molecule is O=C1OC2(CCC(c3cc(-c4cccc(-c5ccccc5)c4)n[nH]3)CC2)c2ccccc21. The molecule has 4 nitrogen and oxygen atoms in total. The van der Waals surface area contributed by atoms with Crippen LogP contribution in [0.1, 0.15) is 53.2 Å². The molecule has 1 saturated carbocycles. The van der Waals surface area contributed by atoms with Crippen molar-refractivity contribution in [2.45, 2.75) is 37.2 Å². The third-order valence-electron chi connectivity index (χ3n) is 7.02. The first kappa shape index (κ1) is 19.1.